The van der Waals surface area contributed by atoms with Crippen LogP contribution in [-0.4, -0.2) is 46.1 Å². The number of carbonyl (C=O) groups excluding carboxylic acids is 2. The molecule has 0 aliphatic carbocycles. The van der Waals surface area contributed by atoms with E-state index < -0.39 is 0 Å². The Labute approximate surface area is 185 Å². The van der Waals surface area contributed by atoms with Crippen molar-refractivity contribution in [1.82, 2.24) is 4.90 Å². The fourth-order valence-corrected chi connectivity index (χ4v) is 4.43. The van der Waals surface area contributed by atoms with Crippen LogP contribution >= 0.6 is 11.8 Å². The molecule has 2 aliphatic rings. The Kier molecular flexibility index (Phi) is 6.36. The van der Waals surface area contributed by atoms with Crippen molar-refractivity contribution in [3.8, 4) is 5.75 Å². The van der Waals surface area contributed by atoms with Gasteiger partial charge < -0.3 is 10.1 Å². The number of thioether (sulfide) groups is 1. The second-order valence-corrected chi connectivity index (χ2v) is 8.10. The summed E-state index contributed by atoms with van der Waals surface area (Å²) >= 11 is 1.31. The molecule has 1 atom stereocenters. The number of para-hydroxylation sites is 1. The van der Waals surface area contributed by atoms with Gasteiger partial charge in [0.25, 0.3) is 5.91 Å². The minimum Gasteiger partial charge on any atom is -0.494 e. The van der Waals surface area contributed by atoms with Gasteiger partial charge in [-0.25, -0.2) is 4.99 Å². The lowest BCUT2D eigenvalue weighted by Crippen LogP contribution is -2.43. The van der Waals surface area contributed by atoms with Crippen molar-refractivity contribution in [2.75, 3.05) is 17.7 Å². The molecule has 1 unspecified atom stereocenters. The smallest absolute Gasteiger partial charge is 0.270 e. The second kappa shape index (κ2) is 9.34. The van der Waals surface area contributed by atoms with E-state index in [1.165, 1.54) is 11.8 Å². The molecule has 0 fully saturated rings. The van der Waals surface area contributed by atoms with Gasteiger partial charge in [0.1, 0.15) is 17.6 Å². The SMILES string of the molecule is CCCC1C(=O)N=C2c3ccccc3N=C(SCC(=O)Nc3ccc(OCC)cc3)N21. The number of nitrogens with one attached hydrogen (secondary N) is 1. The normalized spacial score (nSPS) is 16.9. The van der Waals surface area contributed by atoms with E-state index in [0.717, 1.165) is 23.4 Å². The number of benzene rings is 2. The summed E-state index contributed by atoms with van der Waals surface area (Å²) in [5, 5.41) is 3.52. The fraction of sp³-hybridized carbons (Fsp3) is 0.304. The molecule has 1 N–H and O–H groups in total. The third-order valence-electron chi connectivity index (χ3n) is 4.95. The van der Waals surface area contributed by atoms with Crippen molar-refractivity contribution >= 4 is 46.0 Å². The molecular weight excluding hydrogens is 412 g/mol. The van der Waals surface area contributed by atoms with E-state index in [2.05, 4.69) is 10.3 Å². The lowest BCUT2D eigenvalue weighted by Gasteiger charge is -2.30. The molecule has 2 aromatic carbocycles. The lowest BCUT2D eigenvalue weighted by molar-refractivity contribution is -0.119. The molecule has 2 aliphatic heterocycles. The number of amidine groups is 2. The predicted octanol–water partition coefficient (Wildman–Crippen LogP) is 4.22. The molecule has 2 heterocycles. The molecular formula is C23H24N4O3S. The van der Waals surface area contributed by atoms with Crippen molar-refractivity contribution in [3.63, 3.8) is 0 Å². The minimum absolute atomic E-state index is 0.147. The maximum Gasteiger partial charge on any atom is 0.270 e. The molecule has 0 aromatic heterocycles. The van der Waals surface area contributed by atoms with Crippen LogP contribution in [0.15, 0.2) is 58.5 Å². The average Bonchev–Trinajstić information content (AvgIpc) is 3.10. The first-order chi connectivity index (χ1) is 15.1. The van der Waals surface area contributed by atoms with Gasteiger partial charge >= 0.3 is 0 Å². The monoisotopic (exact) mass is 436 g/mol. The van der Waals surface area contributed by atoms with Gasteiger partial charge in [0.2, 0.25) is 5.91 Å². The Morgan fingerprint density at radius 2 is 1.90 bits per heavy atom. The van der Waals surface area contributed by atoms with E-state index in [9.17, 15) is 9.59 Å². The highest BCUT2D eigenvalue weighted by Gasteiger charge is 2.41. The number of fused-ring (bicyclic) bond motifs is 3. The first-order valence-electron chi connectivity index (χ1n) is 10.4. The van der Waals surface area contributed by atoms with Crippen LogP contribution in [0.5, 0.6) is 5.75 Å². The maximum absolute atomic E-state index is 12.6. The summed E-state index contributed by atoms with van der Waals surface area (Å²) in [5.74, 6) is 1.26. The largest absolute Gasteiger partial charge is 0.494 e. The van der Waals surface area contributed by atoms with Gasteiger partial charge in [-0.2, -0.15) is 4.99 Å². The summed E-state index contributed by atoms with van der Waals surface area (Å²) in [6.45, 7) is 4.56. The zero-order valence-electron chi connectivity index (χ0n) is 17.5. The number of carbonyl (C=O) groups is 2. The van der Waals surface area contributed by atoms with Gasteiger partial charge in [0.05, 0.1) is 18.0 Å². The molecule has 2 amide bonds. The number of aliphatic imine (C=N–C) groups is 2. The quantitative estimate of drug-likeness (QED) is 0.703. The highest BCUT2D eigenvalue weighted by molar-refractivity contribution is 8.14. The number of hydrogen-bond donors (Lipinski definition) is 1. The van der Waals surface area contributed by atoms with Crippen LogP contribution < -0.4 is 10.1 Å². The summed E-state index contributed by atoms with van der Waals surface area (Å²) in [7, 11) is 0. The van der Waals surface area contributed by atoms with Gasteiger partial charge in [-0.3, -0.25) is 14.5 Å². The van der Waals surface area contributed by atoms with E-state index in [4.69, 9.17) is 9.73 Å². The summed E-state index contributed by atoms with van der Waals surface area (Å²) < 4.78 is 5.42. The van der Waals surface area contributed by atoms with Gasteiger partial charge in [-0.15, -0.1) is 0 Å². The second-order valence-electron chi connectivity index (χ2n) is 7.15. The molecule has 31 heavy (non-hydrogen) atoms. The highest BCUT2D eigenvalue weighted by Crippen LogP contribution is 2.35. The molecule has 0 spiro atoms. The van der Waals surface area contributed by atoms with Crippen LogP contribution in [0.2, 0.25) is 0 Å². The molecule has 7 nitrogen and oxygen atoms in total. The van der Waals surface area contributed by atoms with E-state index in [1.54, 1.807) is 0 Å². The van der Waals surface area contributed by atoms with Crippen LogP contribution in [0.25, 0.3) is 0 Å². The predicted molar refractivity (Wildman–Crippen MR) is 124 cm³/mol. The van der Waals surface area contributed by atoms with Crippen LogP contribution in [0.1, 0.15) is 32.3 Å². The summed E-state index contributed by atoms with van der Waals surface area (Å²) in [4.78, 5) is 36.0. The molecule has 160 valence electrons. The van der Waals surface area contributed by atoms with Crippen LogP contribution in [0, 0.1) is 0 Å². The summed E-state index contributed by atoms with van der Waals surface area (Å²) in [6.07, 6.45) is 1.54. The van der Waals surface area contributed by atoms with Gasteiger partial charge in [0.15, 0.2) is 5.17 Å². The van der Waals surface area contributed by atoms with E-state index in [-0.39, 0.29) is 23.6 Å². The Hall–Kier alpha value is -3.13. The number of anilines is 1. The van der Waals surface area contributed by atoms with Gasteiger partial charge in [-0.1, -0.05) is 37.2 Å². The maximum atomic E-state index is 12.6. The van der Waals surface area contributed by atoms with E-state index >= 15 is 0 Å². The van der Waals surface area contributed by atoms with Crippen LogP contribution in [-0.2, 0) is 9.59 Å². The lowest BCUT2D eigenvalue weighted by atomic mass is 10.1. The van der Waals surface area contributed by atoms with Crippen LogP contribution in [0.3, 0.4) is 0 Å². The Morgan fingerprint density at radius 3 is 2.65 bits per heavy atom. The van der Waals surface area contributed by atoms with Gasteiger partial charge in [0, 0.05) is 11.3 Å². The standard InChI is InChI=1S/C23H24N4O3S/c1-3-7-19-22(29)26-21-17-8-5-6-9-18(17)25-23(27(19)21)31-14-20(28)24-15-10-12-16(13-11-15)30-4-2/h5-6,8-13,19H,3-4,7,14H2,1-2H3,(H,24,28). The Bertz CT molecular complexity index is 1050. The highest BCUT2D eigenvalue weighted by atomic mass is 32.2. The molecule has 8 heteroatoms. The van der Waals surface area contributed by atoms with Crippen molar-refractivity contribution in [3.05, 3.63) is 54.1 Å². The molecule has 2 aromatic rings. The number of hydrogen-bond acceptors (Lipinski definition) is 6. The number of nitrogens with zero attached hydrogens (tertiary/aromatic N) is 3. The third-order valence-corrected chi connectivity index (χ3v) is 5.90. The first-order valence-corrected chi connectivity index (χ1v) is 11.3. The topological polar surface area (TPSA) is 83.4 Å². The molecule has 4 rings (SSSR count). The van der Waals surface area contributed by atoms with Gasteiger partial charge in [-0.05, 0) is 49.7 Å². The first kappa shape index (κ1) is 21.1. The minimum atomic E-state index is -0.367. The van der Waals surface area contributed by atoms with Crippen molar-refractivity contribution < 1.29 is 14.3 Å². The molecule has 0 radical (unpaired) electrons. The fourth-order valence-electron chi connectivity index (χ4n) is 3.58. The number of ether oxygens (including phenoxy) is 1. The summed E-state index contributed by atoms with van der Waals surface area (Å²) in [6, 6.07) is 14.5. The van der Waals surface area contributed by atoms with Crippen LogP contribution in [0.4, 0.5) is 11.4 Å². The number of amides is 2. The molecule has 0 saturated carbocycles. The average molecular weight is 437 g/mol. The zero-order chi connectivity index (χ0) is 21.8. The molecule has 0 bridgehead atoms. The van der Waals surface area contributed by atoms with Crippen molar-refractivity contribution in [2.45, 2.75) is 32.7 Å². The van der Waals surface area contributed by atoms with Crippen molar-refractivity contribution in [1.29, 1.82) is 0 Å². The Morgan fingerprint density at radius 1 is 1.13 bits per heavy atom. The number of rotatable bonds is 7. The molecule has 0 saturated heterocycles. The van der Waals surface area contributed by atoms with E-state index in [1.807, 2.05) is 67.3 Å². The zero-order valence-corrected chi connectivity index (χ0v) is 18.3. The van der Waals surface area contributed by atoms with Crippen molar-refractivity contribution in [2.24, 2.45) is 9.98 Å². The summed E-state index contributed by atoms with van der Waals surface area (Å²) in [5.41, 5.74) is 2.31. The Balaban J connectivity index is 1.49. The third kappa shape index (κ3) is 4.49. The van der Waals surface area contributed by atoms with E-state index in [0.29, 0.717) is 29.7 Å².